The predicted octanol–water partition coefficient (Wildman–Crippen LogP) is 2.67. The molecule has 2 aromatic heterocycles. The summed E-state index contributed by atoms with van der Waals surface area (Å²) in [6.07, 6.45) is 3.48. The monoisotopic (exact) mass is 460 g/mol. The first-order valence-corrected chi connectivity index (χ1v) is 11.9. The molecule has 0 bridgehead atoms. The molecule has 4 heterocycles. The van der Waals surface area contributed by atoms with Gasteiger partial charge in [0.1, 0.15) is 0 Å². The number of amides is 1. The third-order valence-corrected chi connectivity index (χ3v) is 7.37. The second-order valence-corrected chi connectivity index (χ2v) is 9.89. The van der Waals surface area contributed by atoms with Crippen molar-refractivity contribution in [2.45, 2.75) is 32.9 Å². The van der Waals surface area contributed by atoms with Gasteiger partial charge in [0.2, 0.25) is 5.91 Å². The van der Waals surface area contributed by atoms with E-state index in [-0.39, 0.29) is 11.5 Å². The van der Waals surface area contributed by atoms with Crippen LogP contribution in [0.25, 0.3) is 10.9 Å². The van der Waals surface area contributed by atoms with Crippen molar-refractivity contribution in [2.24, 2.45) is 12.5 Å². The molecule has 0 unspecified atom stereocenters. The lowest BCUT2D eigenvalue weighted by Gasteiger charge is -2.36. The van der Waals surface area contributed by atoms with Crippen LogP contribution < -0.4 is 5.56 Å². The fourth-order valence-corrected chi connectivity index (χ4v) is 5.55. The molecule has 7 heteroatoms. The van der Waals surface area contributed by atoms with Gasteiger partial charge < -0.3 is 14.2 Å². The molecule has 0 N–H and O–H groups in total. The number of rotatable bonds is 5. The average Bonchev–Trinajstić information content (AvgIpc) is 3.24. The predicted molar refractivity (Wildman–Crippen MR) is 131 cm³/mol. The van der Waals surface area contributed by atoms with Gasteiger partial charge in [-0.3, -0.25) is 19.5 Å². The Kier molecular flexibility index (Phi) is 6.00. The number of nitrogens with zero attached hydrogens (tertiary/aromatic N) is 4. The first kappa shape index (κ1) is 22.7. The van der Waals surface area contributed by atoms with Gasteiger partial charge in [0.15, 0.2) is 0 Å². The number of likely N-dealkylation sites (tertiary alicyclic amines) is 1. The molecule has 3 aromatic rings. The summed E-state index contributed by atoms with van der Waals surface area (Å²) in [6.45, 7) is 6.03. The number of ether oxygens (including phenoxy) is 1. The van der Waals surface area contributed by atoms with Gasteiger partial charge >= 0.3 is 0 Å². The van der Waals surface area contributed by atoms with Gasteiger partial charge in [0.25, 0.3) is 5.56 Å². The maximum absolute atomic E-state index is 13.8. The van der Waals surface area contributed by atoms with Crippen LogP contribution in [0.1, 0.15) is 28.8 Å². The highest BCUT2D eigenvalue weighted by Crippen LogP contribution is 2.35. The second-order valence-electron chi connectivity index (χ2n) is 9.89. The standard InChI is InChI=1S/C27H32N4O3/c1-19-12-22-16-31(10-8-23(22)28-14-19)26(33)27(18-34-3)9-11-30(17-27)15-20-4-5-21-6-7-25(32)29(2)24(21)13-20/h4-7,12-14H,8-11,15-18H2,1-3H3/t27-/m0/s1. The molecule has 2 aliphatic rings. The number of carbonyl (C=O) groups is 1. The zero-order chi connectivity index (χ0) is 23.9. The zero-order valence-electron chi connectivity index (χ0n) is 20.2. The number of carbonyl (C=O) groups excluding carboxylic acids is 1. The quantitative estimate of drug-likeness (QED) is 0.586. The van der Waals surface area contributed by atoms with Gasteiger partial charge in [-0.25, -0.2) is 0 Å². The number of benzene rings is 1. The Balaban J connectivity index is 1.34. The molecule has 2 aliphatic heterocycles. The van der Waals surface area contributed by atoms with Gasteiger partial charge in [0, 0.05) is 64.7 Å². The SMILES string of the molecule is COC[C@]1(C(=O)N2CCc3ncc(C)cc3C2)CCN(Cc2ccc3ccc(=O)n(C)c3c2)C1. The van der Waals surface area contributed by atoms with Crippen LogP contribution in [-0.4, -0.2) is 58.6 Å². The highest BCUT2D eigenvalue weighted by atomic mass is 16.5. The lowest BCUT2D eigenvalue weighted by Crippen LogP contribution is -2.49. The summed E-state index contributed by atoms with van der Waals surface area (Å²) in [7, 11) is 3.49. The Morgan fingerprint density at radius 3 is 2.82 bits per heavy atom. The van der Waals surface area contributed by atoms with Crippen LogP contribution in [0.3, 0.4) is 0 Å². The Bertz CT molecular complexity index is 1300. The van der Waals surface area contributed by atoms with Crippen LogP contribution in [0, 0.1) is 12.3 Å². The van der Waals surface area contributed by atoms with Crippen molar-refractivity contribution < 1.29 is 9.53 Å². The Morgan fingerprint density at radius 2 is 2.00 bits per heavy atom. The third-order valence-electron chi connectivity index (χ3n) is 7.37. The molecule has 1 aromatic carbocycles. The topological polar surface area (TPSA) is 67.7 Å². The van der Waals surface area contributed by atoms with E-state index in [0.717, 1.165) is 59.2 Å². The number of aryl methyl sites for hydroxylation is 2. The summed E-state index contributed by atoms with van der Waals surface area (Å²) in [5.41, 5.74) is 4.91. The van der Waals surface area contributed by atoms with E-state index in [9.17, 15) is 9.59 Å². The first-order chi connectivity index (χ1) is 16.4. The van der Waals surface area contributed by atoms with Crippen molar-refractivity contribution in [3.8, 4) is 0 Å². The van der Waals surface area contributed by atoms with E-state index in [1.807, 2.05) is 24.1 Å². The molecule has 1 amide bonds. The van der Waals surface area contributed by atoms with E-state index in [2.05, 4.69) is 34.1 Å². The fraction of sp³-hybridized carbons (Fsp3) is 0.444. The van der Waals surface area contributed by atoms with E-state index >= 15 is 0 Å². The van der Waals surface area contributed by atoms with Gasteiger partial charge in [-0.1, -0.05) is 18.2 Å². The average molecular weight is 461 g/mol. The molecular weight excluding hydrogens is 428 g/mol. The van der Waals surface area contributed by atoms with Crippen LogP contribution in [0.15, 0.2) is 47.4 Å². The lowest BCUT2D eigenvalue weighted by molar-refractivity contribution is -0.145. The van der Waals surface area contributed by atoms with Crippen molar-refractivity contribution in [1.29, 1.82) is 0 Å². The van der Waals surface area contributed by atoms with Gasteiger partial charge in [0.05, 0.1) is 17.5 Å². The normalized spacial score (nSPS) is 20.6. The number of methoxy groups -OCH3 is 1. The number of hydrogen-bond acceptors (Lipinski definition) is 5. The molecular formula is C27H32N4O3. The van der Waals surface area contributed by atoms with Gasteiger partial charge in [-0.2, -0.15) is 0 Å². The minimum absolute atomic E-state index is 0.0102. The molecule has 178 valence electrons. The minimum Gasteiger partial charge on any atom is -0.384 e. The fourth-order valence-electron chi connectivity index (χ4n) is 5.55. The largest absolute Gasteiger partial charge is 0.384 e. The summed E-state index contributed by atoms with van der Waals surface area (Å²) < 4.78 is 7.28. The van der Waals surface area contributed by atoms with E-state index < -0.39 is 5.41 Å². The summed E-state index contributed by atoms with van der Waals surface area (Å²) in [5.74, 6) is 0.185. The van der Waals surface area contributed by atoms with Crippen LogP contribution in [-0.2, 0) is 36.1 Å². The molecule has 1 saturated heterocycles. The first-order valence-electron chi connectivity index (χ1n) is 11.9. The molecule has 1 atom stereocenters. The third kappa shape index (κ3) is 4.14. The molecule has 5 rings (SSSR count). The van der Waals surface area contributed by atoms with Crippen LogP contribution in [0.5, 0.6) is 0 Å². The van der Waals surface area contributed by atoms with E-state index in [4.69, 9.17) is 4.74 Å². The summed E-state index contributed by atoms with van der Waals surface area (Å²) >= 11 is 0. The van der Waals surface area contributed by atoms with Crippen molar-refractivity contribution >= 4 is 16.8 Å². The van der Waals surface area contributed by atoms with E-state index in [1.54, 1.807) is 24.8 Å². The number of fused-ring (bicyclic) bond motifs is 2. The van der Waals surface area contributed by atoms with Crippen molar-refractivity contribution in [1.82, 2.24) is 19.4 Å². The molecule has 0 spiro atoms. The highest BCUT2D eigenvalue weighted by Gasteiger charge is 2.47. The molecule has 1 fully saturated rings. The minimum atomic E-state index is -0.535. The van der Waals surface area contributed by atoms with Crippen molar-refractivity contribution in [2.75, 3.05) is 33.4 Å². The molecule has 0 aliphatic carbocycles. The van der Waals surface area contributed by atoms with Gasteiger partial charge in [-0.05, 0) is 54.1 Å². The Hall–Kier alpha value is -3.03. The van der Waals surface area contributed by atoms with E-state index in [1.165, 1.54) is 0 Å². The summed E-state index contributed by atoms with van der Waals surface area (Å²) in [5, 5.41) is 1.05. The molecule has 0 radical (unpaired) electrons. The highest BCUT2D eigenvalue weighted by molar-refractivity contribution is 5.84. The number of pyridine rings is 2. The van der Waals surface area contributed by atoms with Crippen LogP contribution in [0.4, 0.5) is 0 Å². The smallest absolute Gasteiger partial charge is 0.250 e. The summed E-state index contributed by atoms with van der Waals surface area (Å²) in [6, 6.07) is 11.9. The van der Waals surface area contributed by atoms with Crippen molar-refractivity contribution in [3.05, 3.63) is 75.3 Å². The molecule has 34 heavy (non-hydrogen) atoms. The summed E-state index contributed by atoms with van der Waals surface area (Å²) in [4.78, 5) is 34.8. The molecule has 7 nitrogen and oxygen atoms in total. The van der Waals surface area contributed by atoms with Gasteiger partial charge in [-0.15, -0.1) is 0 Å². The van der Waals surface area contributed by atoms with Crippen LogP contribution in [0.2, 0.25) is 0 Å². The Labute approximate surface area is 200 Å². The Morgan fingerprint density at radius 1 is 1.18 bits per heavy atom. The number of hydrogen-bond donors (Lipinski definition) is 0. The van der Waals surface area contributed by atoms with Crippen molar-refractivity contribution in [3.63, 3.8) is 0 Å². The zero-order valence-corrected chi connectivity index (χ0v) is 20.2. The second kappa shape index (κ2) is 8.96. The number of aromatic nitrogens is 2. The lowest BCUT2D eigenvalue weighted by atomic mass is 9.85. The van der Waals surface area contributed by atoms with Crippen LogP contribution >= 0.6 is 0 Å². The van der Waals surface area contributed by atoms with E-state index in [0.29, 0.717) is 26.2 Å². The maximum Gasteiger partial charge on any atom is 0.250 e. The molecule has 0 saturated carbocycles. The maximum atomic E-state index is 13.8.